The normalized spacial score (nSPS) is 25.1. The zero-order chi connectivity index (χ0) is 15.0. The molecule has 1 aliphatic carbocycles. The smallest absolute Gasteiger partial charge is 0.327 e. The fraction of sp³-hybridized carbons (Fsp3) is 0.615. The Hall–Kier alpha value is -1.28. The maximum atomic E-state index is 12.4. The zero-order valence-corrected chi connectivity index (χ0v) is 13.2. The number of amides is 2. The first-order valence-electron chi connectivity index (χ1n) is 6.88. The van der Waals surface area contributed by atoms with E-state index in [2.05, 4.69) is 10.3 Å². The summed E-state index contributed by atoms with van der Waals surface area (Å²) >= 11 is 3.08. The van der Waals surface area contributed by atoms with E-state index in [4.69, 9.17) is 0 Å². The molecule has 0 bridgehead atoms. The third-order valence-electron chi connectivity index (χ3n) is 3.64. The van der Waals surface area contributed by atoms with Gasteiger partial charge in [-0.05, 0) is 25.7 Å². The minimum atomic E-state index is -0.925. The first-order chi connectivity index (χ1) is 10.1. The Labute approximate surface area is 130 Å². The molecular weight excluding hydrogens is 310 g/mol. The van der Waals surface area contributed by atoms with Crippen molar-refractivity contribution in [2.75, 3.05) is 5.75 Å². The van der Waals surface area contributed by atoms with E-state index in [-0.39, 0.29) is 11.4 Å². The fourth-order valence-corrected chi connectivity index (χ4v) is 4.79. The van der Waals surface area contributed by atoms with Crippen molar-refractivity contribution in [3.63, 3.8) is 0 Å². The summed E-state index contributed by atoms with van der Waals surface area (Å²) in [5, 5.41) is 14.9. The third-order valence-corrected chi connectivity index (χ3v) is 6.07. The number of thioether (sulfide) groups is 1. The van der Waals surface area contributed by atoms with Crippen LogP contribution in [-0.2, 0) is 11.3 Å². The van der Waals surface area contributed by atoms with Crippen molar-refractivity contribution in [2.24, 2.45) is 5.92 Å². The van der Waals surface area contributed by atoms with Crippen LogP contribution in [0.15, 0.2) is 5.38 Å². The number of rotatable bonds is 4. The summed E-state index contributed by atoms with van der Waals surface area (Å²) < 4.78 is 0. The number of thiazole rings is 1. The molecule has 2 heterocycles. The van der Waals surface area contributed by atoms with Crippen molar-refractivity contribution in [3.05, 3.63) is 16.1 Å². The van der Waals surface area contributed by atoms with Crippen molar-refractivity contribution < 1.29 is 14.7 Å². The Bertz CT molecular complexity index is 559. The van der Waals surface area contributed by atoms with Gasteiger partial charge in [-0.2, -0.15) is 0 Å². The average molecular weight is 327 g/mol. The highest BCUT2D eigenvalue weighted by Crippen LogP contribution is 2.45. The number of nitrogens with zero attached hydrogens (tertiary/aromatic N) is 2. The molecule has 1 saturated carbocycles. The lowest BCUT2D eigenvalue weighted by Crippen LogP contribution is -2.50. The lowest BCUT2D eigenvalue weighted by Gasteiger charge is -2.27. The van der Waals surface area contributed by atoms with Gasteiger partial charge in [0.2, 0.25) is 0 Å². The number of urea groups is 1. The predicted octanol–water partition coefficient (Wildman–Crippen LogP) is 1.90. The van der Waals surface area contributed by atoms with Crippen molar-refractivity contribution in [2.45, 2.75) is 37.7 Å². The van der Waals surface area contributed by atoms with E-state index in [0.29, 0.717) is 18.2 Å². The summed E-state index contributed by atoms with van der Waals surface area (Å²) in [6.07, 6.45) is 2.17. The van der Waals surface area contributed by atoms with E-state index in [0.717, 1.165) is 23.5 Å². The van der Waals surface area contributed by atoms with Gasteiger partial charge in [0, 0.05) is 16.8 Å². The molecule has 0 radical (unpaired) electrons. The first kappa shape index (κ1) is 14.6. The lowest BCUT2D eigenvalue weighted by molar-refractivity contribution is -0.141. The first-order valence-corrected chi connectivity index (χ1v) is 8.80. The molecule has 1 aromatic rings. The van der Waals surface area contributed by atoms with Gasteiger partial charge in [0.05, 0.1) is 11.9 Å². The fourth-order valence-electron chi connectivity index (χ4n) is 2.45. The van der Waals surface area contributed by atoms with Gasteiger partial charge in [-0.25, -0.2) is 14.6 Å². The molecule has 1 aromatic heterocycles. The van der Waals surface area contributed by atoms with Gasteiger partial charge in [0.1, 0.15) is 11.0 Å². The molecule has 21 heavy (non-hydrogen) atoms. The molecular formula is C13H17N3O3S2. The van der Waals surface area contributed by atoms with Crippen molar-refractivity contribution in [1.29, 1.82) is 0 Å². The molecule has 8 heteroatoms. The Kier molecular flexibility index (Phi) is 4.08. The Balaban J connectivity index is 1.66. The predicted molar refractivity (Wildman–Crippen MR) is 81.3 cm³/mol. The SMILES string of the molecule is Cc1csc(CNC(=O)N2C(C(=O)O)CSC2C2CC2)n1. The molecule has 114 valence electrons. The molecule has 6 nitrogen and oxygen atoms in total. The van der Waals surface area contributed by atoms with Gasteiger partial charge in [-0.1, -0.05) is 0 Å². The number of aryl methyl sites for hydroxylation is 1. The Morgan fingerprint density at radius 2 is 2.29 bits per heavy atom. The monoisotopic (exact) mass is 327 g/mol. The van der Waals surface area contributed by atoms with Crippen LogP contribution in [0.1, 0.15) is 23.5 Å². The van der Waals surface area contributed by atoms with Crippen LogP contribution in [0.4, 0.5) is 4.79 Å². The highest BCUT2D eigenvalue weighted by molar-refractivity contribution is 8.00. The molecule has 2 aliphatic rings. The summed E-state index contributed by atoms with van der Waals surface area (Å²) in [5.41, 5.74) is 0.931. The number of hydrogen-bond donors (Lipinski definition) is 2. The summed E-state index contributed by atoms with van der Waals surface area (Å²) in [6.45, 7) is 2.25. The van der Waals surface area contributed by atoms with Crippen LogP contribution in [0.3, 0.4) is 0 Å². The second kappa shape index (κ2) is 5.84. The van der Waals surface area contributed by atoms with E-state index in [1.807, 2.05) is 12.3 Å². The number of nitrogens with one attached hydrogen (secondary N) is 1. The molecule has 2 amide bonds. The van der Waals surface area contributed by atoms with Gasteiger partial charge < -0.3 is 10.4 Å². The molecule has 2 N–H and O–H groups in total. The van der Waals surface area contributed by atoms with Crippen LogP contribution in [0.25, 0.3) is 0 Å². The number of carbonyl (C=O) groups is 2. The highest BCUT2D eigenvalue weighted by Gasteiger charge is 2.48. The zero-order valence-electron chi connectivity index (χ0n) is 11.6. The average Bonchev–Trinajstić information content (AvgIpc) is 3.04. The molecule has 3 rings (SSSR count). The molecule has 0 aromatic carbocycles. The van der Waals surface area contributed by atoms with Crippen LogP contribution in [0.2, 0.25) is 0 Å². The number of aliphatic carboxylic acids is 1. The summed E-state index contributed by atoms with van der Waals surface area (Å²) in [4.78, 5) is 29.5. The van der Waals surface area contributed by atoms with Crippen LogP contribution in [0, 0.1) is 12.8 Å². The maximum Gasteiger partial charge on any atom is 0.327 e. The van der Waals surface area contributed by atoms with Crippen molar-refractivity contribution in [1.82, 2.24) is 15.2 Å². The van der Waals surface area contributed by atoms with Crippen LogP contribution < -0.4 is 5.32 Å². The second-order valence-corrected chi connectivity index (χ2v) is 7.46. The third kappa shape index (κ3) is 3.16. The van der Waals surface area contributed by atoms with Crippen LogP contribution in [-0.4, -0.2) is 44.2 Å². The van der Waals surface area contributed by atoms with Gasteiger partial charge in [0.25, 0.3) is 0 Å². The number of aromatic nitrogens is 1. The summed E-state index contributed by atoms with van der Waals surface area (Å²) in [5.74, 6) is -0.00148. The molecule has 1 aliphatic heterocycles. The quantitative estimate of drug-likeness (QED) is 0.882. The van der Waals surface area contributed by atoms with E-state index >= 15 is 0 Å². The van der Waals surface area contributed by atoms with E-state index in [1.165, 1.54) is 16.2 Å². The van der Waals surface area contributed by atoms with Crippen LogP contribution >= 0.6 is 23.1 Å². The molecule has 2 unspecified atom stereocenters. The molecule has 1 saturated heterocycles. The molecule has 0 spiro atoms. The molecule has 2 atom stereocenters. The van der Waals surface area contributed by atoms with E-state index in [9.17, 15) is 14.7 Å². The van der Waals surface area contributed by atoms with Crippen molar-refractivity contribution >= 4 is 35.1 Å². The molecule has 2 fully saturated rings. The van der Waals surface area contributed by atoms with Crippen LogP contribution in [0.5, 0.6) is 0 Å². The largest absolute Gasteiger partial charge is 0.480 e. The minimum absolute atomic E-state index is 0.00383. The number of hydrogen-bond acceptors (Lipinski definition) is 5. The van der Waals surface area contributed by atoms with Gasteiger partial charge in [-0.3, -0.25) is 4.90 Å². The van der Waals surface area contributed by atoms with Gasteiger partial charge in [0.15, 0.2) is 0 Å². The number of carbonyl (C=O) groups excluding carboxylic acids is 1. The van der Waals surface area contributed by atoms with Crippen molar-refractivity contribution in [3.8, 4) is 0 Å². The topological polar surface area (TPSA) is 82.5 Å². The number of carboxylic acids is 1. The van der Waals surface area contributed by atoms with Gasteiger partial charge in [-0.15, -0.1) is 23.1 Å². The summed E-state index contributed by atoms with van der Waals surface area (Å²) in [7, 11) is 0. The van der Waals surface area contributed by atoms with Gasteiger partial charge >= 0.3 is 12.0 Å². The Morgan fingerprint density at radius 1 is 1.52 bits per heavy atom. The minimum Gasteiger partial charge on any atom is -0.480 e. The standard InChI is InChI=1S/C13H17N3O3S2/c1-7-5-20-10(15-7)4-14-13(19)16-9(12(17)18)6-21-11(16)8-2-3-8/h5,8-9,11H,2-4,6H2,1H3,(H,14,19)(H,17,18). The highest BCUT2D eigenvalue weighted by atomic mass is 32.2. The summed E-state index contributed by atoms with van der Waals surface area (Å²) in [6, 6.07) is -1.02. The Morgan fingerprint density at radius 3 is 2.86 bits per heavy atom. The van der Waals surface area contributed by atoms with E-state index < -0.39 is 12.0 Å². The lowest BCUT2D eigenvalue weighted by atomic mass is 10.2. The second-order valence-electron chi connectivity index (χ2n) is 5.36. The maximum absolute atomic E-state index is 12.4. The number of carboxylic acid groups (broad SMARTS) is 1. The van der Waals surface area contributed by atoms with E-state index in [1.54, 1.807) is 11.8 Å².